The van der Waals surface area contributed by atoms with E-state index < -0.39 is 0 Å². The summed E-state index contributed by atoms with van der Waals surface area (Å²) in [5.41, 5.74) is 2.34. The van der Waals surface area contributed by atoms with E-state index in [1.165, 1.54) is 12.8 Å². The fraction of sp³-hybridized carbons (Fsp3) is 0.542. The Bertz CT molecular complexity index is 976. The summed E-state index contributed by atoms with van der Waals surface area (Å²) in [7, 11) is 0. The van der Waals surface area contributed by atoms with E-state index >= 15 is 0 Å². The number of ether oxygens (including phenoxy) is 1. The van der Waals surface area contributed by atoms with Gasteiger partial charge in [0.15, 0.2) is 5.69 Å². The van der Waals surface area contributed by atoms with Crippen molar-refractivity contribution in [1.29, 1.82) is 0 Å². The number of benzene rings is 1. The standard InChI is InChI=1S/C24H29ClN4O3/c25-18-7-5-16(6-8-18)21-13-29-15-26-22(20(29)14-32-21)24(31)28-11-9-17(10-12-28)23(30)27-19-3-1-2-4-19/h5-8,15,17,19,21H,1-4,9-14H2,(H,27,30). The van der Waals surface area contributed by atoms with Gasteiger partial charge in [-0.15, -0.1) is 0 Å². The van der Waals surface area contributed by atoms with Crippen molar-refractivity contribution in [3.05, 3.63) is 52.6 Å². The maximum absolute atomic E-state index is 13.2. The van der Waals surface area contributed by atoms with Crippen LogP contribution >= 0.6 is 11.6 Å². The van der Waals surface area contributed by atoms with Crippen LogP contribution in [0.3, 0.4) is 0 Å². The molecule has 8 heteroatoms. The summed E-state index contributed by atoms with van der Waals surface area (Å²) >= 11 is 5.99. The largest absolute Gasteiger partial charge is 0.365 e. The summed E-state index contributed by atoms with van der Waals surface area (Å²) in [6.07, 6.45) is 7.64. The molecule has 1 aromatic carbocycles. The number of imidazole rings is 1. The second-order valence-electron chi connectivity index (χ2n) is 9.10. The van der Waals surface area contributed by atoms with Crippen molar-refractivity contribution >= 4 is 23.4 Å². The van der Waals surface area contributed by atoms with Crippen molar-refractivity contribution in [1.82, 2.24) is 19.8 Å². The third kappa shape index (κ3) is 4.41. The predicted molar refractivity (Wildman–Crippen MR) is 120 cm³/mol. The lowest BCUT2D eigenvalue weighted by molar-refractivity contribution is -0.127. The van der Waals surface area contributed by atoms with Crippen LogP contribution in [-0.2, 0) is 22.7 Å². The van der Waals surface area contributed by atoms with E-state index in [2.05, 4.69) is 10.3 Å². The van der Waals surface area contributed by atoms with Crippen molar-refractivity contribution in [2.75, 3.05) is 13.1 Å². The number of nitrogens with zero attached hydrogens (tertiary/aromatic N) is 3. The molecule has 32 heavy (non-hydrogen) atoms. The lowest BCUT2D eigenvalue weighted by Gasteiger charge is -2.32. The molecule has 1 saturated heterocycles. The van der Waals surface area contributed by atoms with Gasteiger partial charge in [-0.2, -0.15) is 0 Å². The zero-order chi connectivity index (χ0) is 22.1. The molecule has 2 aromatic rings. The lowest BCUT2D eigenvalue weighted by atomic mass is 9.95. The number of fused-ring (bicyclic) bond motifs is 1. The Morgan fingerprint density at radius 1 is 1.06 bits per heavy atom. The monoisotopic (exact) mass is 456 g/mol. The number of rotatable bonds is 4. The normalized spacial score (nSPS) is 22.0. The van der Waals surface area contributed by atoms with E-state index in [4.69, 9.17) is 16.3 Å². The summed E-state index contributed by atoms with van der Waals surface area (Å²) in [6, 6.07) is 7.99. The number of piperidine rings is 1. The fourth-order valence-electron chi connectivity index (χ4n) is 5.07. The van der Waals surface area contributed by atoms with E-state index in [0.29, 0.717) is 55.8 Å². The number of hydrogen-bond acceptors (Lipinski definition) is 4. The van der Waals surface area contributed by atoms with Crippen LogP contribution in [0.4, 0.5) is 0 Å². The second-order valence-corrected chi connectivity index (χ2v) is 9.54. The highest BCUT2D eigenvalue weighted by Gasteiger charge is 2.33. The van der Waals surface area contributed by atoms with Crippen LogP contribution in [0.5, 0.6) is 0 Å². The Morgan fingerprint density at radius 3 is 2.50 bits per heavy atom. The summed E-state index contributed by atoms with van der Waals surface area (Å²) < 4.78 is 8.06. The molecule has 1 N–H and O–H groups in total. The Balaban J connectivity index is 1.18. The molecule has 1 unspecified atom stereocenters. The van der Waals surface area contributed by atoms with Crippen molar-refractivity contribution in [3.63, 3.8) is 0 Å². The average molecular weight is 457 g/mol. The van der Waals surface area contributed by atoms with Crippen molar-refractivity contribution in [2.24, 2.45) is 5.92 Å². The fourth-order valence-corrected chi connectivity index (χ4v) is 5.19. The molecule has 0 spiro atoms. The second kappa shape index (κ2) is 9.24. The Hall–Kier alpha value is -2.38. The first-order chi connectivity index (χ1) is 15.6. The molecule has 1 atom stereocenters. The van der Waals surface area contributed by atoms with Crippen LogP contribution in [0.15, 0.2) is 30.6 Å². The molecule has 2 fully saturated rings. The highest BCUT2D eigenvalue weighted by Crippen LogP contribution is 2.29. The summed E-state index contributed by atoms with van der Waals surface area (Å²) in [5, 5.41) is 3.89. The van der Waals surface area contributed by atoms with Crippen LogP contribution in [-0.4, -0.2) is 45.4 Å². The maximum atomic E-state index is 13.2. The maximum Gasteiger partial charge on any atom is 0.274 e. The van der Waals surface area contributed by atoms with Gasteiger partial charge in [0.25, 0.3) is 5.91 Å². The third-order valence-corrected chi connectivity index (χ3v) is 7.28. The number of amides is 2. The summed E-state index contributed by atoms with van der Waals surface area (Å²) in [6.45, 7) is 2.12. The highest BCUT2D eigenvalue weighted by atomic mass is 35.5. The van der Waals surface area contributed by atoms with Gasteiger partial charge in [-0.05, 0) is 43.4 Å². The third-order valence-electron chi connectivity index (χ3n) is 7.03. The van der Waals surface area contributed by atoms with Crippen LogP contribution in [0.1, 0.15) is 66.4 Å². The molecule has 170 valence electrons. The van der Waals surface area contributed by atoms with Crippen molar-refractivity contribution in [3.8, 4) is 0 Å². The number of aromatic nitrogens is 2. The van der Waals surface area contributed by atoms with Gasteiger partial charge in [-0.25, -0.2) is 4.98 Å². The molecule has 1 saturated carbocycles. The van der Waals surface area contributed by atoms with Crippen molar-refractivity contribution < 1.29 is 14.3 Å². The molecule has 1 aromatic heterocycles. The zero-order valence-corrected chi connectivity index (χ0v) is 18.9. The van der Waals surface area contributed by atoms with Gasteiger partial charge in [0, 0.05) is 30.1 Å². The molecule has 1 aliphatic carbocycles. The van der Waals surface area contributed by atoms with E-state index in [1.807, 2.05) is 33.7 Å². The quantitative estimate of drug-likeness (QED) is 0.760. The van der Waals surface area contributed by atoms with Gasteiger partial charge in [-0.1, -0.05) is 36.6 Å². The highest BCUT2D eigenvalue weighted by molar-refractivity contribution is 6.30. The predicted octanol–water partition coefficient (Wildman–Crippen LogP) is 3.72. The lowest BCUT2D eigenvalue weighted by Crippen LogP contribution is -2.45. The number of nitrogens with one attached hydrogen (secondary N) is 1. The first kappa shape index (κ1) is 21.5. The van der Waals surface area contributed by atoms with E-state index in [1.54, 1.807) is 6.33 Å². The van der Waals surface area contributed by atoms with Gasteiger partial charge in [0.1, 0.15) is 6.10 Å². The van der Waals surface area contributed by atoms with Gasteiger partial charge in [-0.3, -0.25) is 9.59 Å². The molecule has 3 aliphatic rings. The molecule has 0 radical (unpaired) electrons. The van der Waals surface area contributed by atoms with Crippen LogP contribution in [0, 0.1) is 5.92 Å². The average Bonchev–Trinajstić information content (AvgIpc) is 3.48. The van der Waals surface area contributed by atoms with Crippen LogP contribution < -0.4 is 5.32 Å². The number of halogens is 1. The summed E-state index contributed by atoms with van der Waals surface area (Å²) in [5.74, 6) is 0.0889. The Labute approximate surface area is 193 Å². The number of carbonyl (C=O) groups excluding carboxylic acids is 2. The molecule has 5 rings (SSSR count). The van der Waals surface area contributed by atoms with E-state index in [9.17, 15) is 9.59 Å². The first-order valence-electron chi connectivity index (χ1n) is 11.6. The molecule has 3 heterocycles. The van der Waals surface area contributed by atoms with Gasteiger partial charge in [0.2, 0.25) is 5.91 Å². The minimum absolute atomic E-state index is 0.000899. The molecule has 0 bridgehead atoms. The van der Waals surface area contributed by atoms with Crippen LogP contribution in [0.2, 0.25) is 5.02 Å². The smallest absolute Gasteiger partial charge is 0.274 e. The number of carbonyl (C=O) groups is 2. The topological polar surface area (TPSA) is 76.5 Å². The molecule has 2 aliphatic heterocycles. The Morgan fingerprint density at radius 2 is 1.78 bits per heavy atom. The molecular weight excluding hydrogens is 428 g/mol. The SMILES string of the molecule is O=C(NC1CCCC1)C1CCN(C(=O)c2ncn3c2COC(c2ccc(Cl)cc2)C3)CC1. The van der Waals surface area contributed by atoms with Crippen molar-refractivity contribution in [2.45, 2.75) is 63.8 Å². The summed E-state index contributed by atoms with van der Waals surface area (Å²) in [4.78, 5) is 32.0. The van der Waals surface area contributed by atoms with E-state index in [-0.39, 0.29) is 23.8 Å². The van der Waals surface area contributed by atoms with Gasteiger partial charge < -0.3 is 19.5 Å². The number of hydrogen-bond donors (Lipinski definition) is 1. The van der Waals surface area contributed by atoms with Gasteiger partial charge in [0.05, 0.1) is 25.2 Å². The van der Waals surface area contributed by atoms with Gasteiger partial charge >= 0.3 is 0 Å². The molecule has 7 nitrogen and oxygen atoms in total. The molecule has 2 amide bonds. The first-order valence-corrected chi connectivity index (χ1v) is 12.0. The van der Waals surface area contributed by atoms with Crippen LogP contribution in [0.25, 0.3) is 0 Å². The Kier molecular flexibility index (Phi) is 6.20. The zero-order valence-electron chi connectivity index (χ0n) is 18.1. The number of likely N-dealkylation sites (tertiary alicyclic amines) is 1. The minimum atomic E-state index is -0.0916. The van der Waals surface area contributed by atoms with E-state index in [0.717, 1.165) is 24.1 Å². The molecular formula is C24H29ClN4O3. The minimum Gasteiger partial charge on any atom is -0.365 e.